The van der Waals surface area contributed by atoms with E-state index in [1.165, 1.54) is 0 Å². The van der Waals surface area contributed by atoms with Gasteiger partial charge in [0.1, 0.15) is 0 Å². The molecule has 1 aromatic carbocycles. The second-order valence-corrected chi connectivity index (χ2v) is 3.34. The summed E-state index contributed by atoms with van der Waals surface area (Å²) in [5.41, 5.74) is 7.74. The molecule has 0 unspecified atom stereocenters. The summed E-state index contributed by atoms with van der Waals surface area (Å²) in [6.07, 6.45) is 0. The number of benzene rings is 1. The van der Waals surface area contributed by atoms with Gasteiger partial charge in [-0.15, -0.1) is 0 Å². The van der Waals surface area contributed by atoms with E-state index in [0.717, 1.165) is 11.1 Å². The number of urea groups is 1. The molecule has 0 aromatic heterocycles. The zero-order chi connectivity index (χ0) is 14.6. The fourth-order valence-corrected chi connectivity index (χ4v) is 1.30. The Morgan fingerprint density at radius 1 is 1.44 bits per heavy atom. The molecule has 0 aliphatic rings. The van der Waals surface area contributed by atoms with Crippen molar-refractivity contribution in [3.8, 4) is 0 Å². The Morgan fingerprint density at radius 2 is 2.06 bits per heavy atom. The number of anilines is 1. The first-order chi connectivity index (χ1) is 8.69. The number of hydrogen-bond donors (Lipinski definition) is 3. The van der Waals surface area contributed by atoms with Crippen LogP contribution in [0.1, 0.15) is 15.2 Å². The maximum atomic E-state index is 11.6. The van der Waals surface area contributed by atoms with Crippen LogP contribution in [-0.2, 0) is 0 Å². The van der Waals surface area contributed by atoms with Gasteiger partial charge in [0, 0.05) is 16.8 Å². The lowest BCUT2D eigenvalue weighted by molar-refractivity contribution is 0.256. The number of aryl methyl sites for hydroxylation is 2. The van der Waals surface area contributed by atoms with Gasteiger partial charge in [-0.2, -0.15) is 0 Å². The minimum Gasteiger partial charge on any atom is -0.370 e. The number of carbonyl (C=O) groups excluding carboxylic acids is 1. The molecule has 0 radical (unpaired) electrons. The summed E-state index contributed by atoms with van der Waals surface area (Å²) in [6.45, 7) is 1.13. The van der Waals surface area contributed by atoms with Gasteiger partial charge in [-0.3, -0.25) is 10.3 Å². The summed E-state index contributed by atoms with van der Waals surface area (Å²) < 4.78 is 20.7. The standard InChI is InChI=1S/C11H16N4O/c1-7-5-4-6-8(2)9(7)14-11(16)15-10(12)13-3/h4-6H,1-3H3,(H4,12,13,14,15,16)/i3D3. The number of carbonyl (C=O) groups is 1. The largest absolute Gasteiger partial charge is 0.370 e. The van der Waals surface area contributed by atoms with Gasteiger partial charge in [0.2, 0.25) is 0 Å². The van der Waals surface area contributed by atoms with Crippen LogP contribution in [0.15, 0.2) is 23.2 Å². The molecule has 0 aliphatic heterocycles. The minimum atomic E-state index is -2.57. The third-order valence-corrected chi connectivity index (χ3v) is 2.08. The predicted octanol–water partition coefficient (Wildman–Crippen LogP) is 1.37. The van der Waals surface area contributed by atoms with Gasteiger partial charge in [-0.1, -0.05) is 18.2 Å². The van der Waals surface area contributed by atoms with Crippen LogP contribution in [0.3, 0.4) is 0 Å². The van der Waals surface area contributed by atoms with Crippen LogP contribution in [0, 0.1) is 13.8 Å². The molecule has 5 nitrogen and oxygen atoms in total. The number of nitrogens with two attached hydrogens (primary N) is 1. The first-order valence-corrected chi connectivity index (χ1v) is 4.68. The molecule has 0 fully saturated rings. The zero-order valence-corrected chi connectivity index (χ0v) is 9.16. The van der Waals surface area contributed by atoms with E-state index in [1.807, 2.05) is 32.0 Å². The molecule has 1 rings (SSSR count). The quantitative estimate of drug-likeness (QED) is 0.496. The van der Waals surface area contributed by atoms with E-state index in [2.05, 4.69) is 15.6 Å². The molecular formula is C11H16N4O. The van der Waals surface area contributed by atoms with Crippen LogP contribution in [0.5, 0.6) is 0 Å². The average molecular weight is 223 g/mol. The topological polar surface area (TPSA) is 79.5 Å². The number of hydrogen-bond acceptors (Lipinski definition) is 2. The fourth-order valence-electron chi connectivity index (χ4n) is 1.30. The number of para-hydroxylation sites is 1. The summed E-state index contributed by atoms with van der Waals surface area (Å²) in [4.78, 5) is 14.8. The molecule has 0 saturated heterocycles. The number of nitrogens with zero attached hydrogens (tertiary/aromatic N) is 1. The molecule has 86 valence electrons. The molecule has 0 saturated carbocycles. The highest BCUT2D eigenvalue weighted by Gasteiger charge is 2.07. The summed E-state index contributed by atoms with van der Waals surface area (Å²) >= 11 is 0. The molecule has 2 amide bonds. The zero-order valence-electron chi connectivity index (χ0n) is 12.2. The molecule has 0 bridgehead atoms. The lowest BCUT2D eigenvalue weighted by Crippen LogP contribution is -2.39. The molecule has 5 heteroatoms. The molecule has 0 spiro atoms. The second kappa shape index (κ2) is 5.16. The SMILES string of the molecule is [2H]C([2H])([2H])N=C(N)NC(=O)Nc1c(C)cccc1C. The van der Waals surface area contributed by atoms with Gasteiger partial charge in [-0.05, 0) is 25.0 Å². The molecule has 1 aromatic rings. The monoisotopic (exact) mass is 223 g/mol. The van der Waals surface area contributed by atoms with Crippen LogP contribution in [0.25, 0.3) is 0 Å². The maximum Gasteiger partial charge on any atom is 0.326 e. The summed E-state index contributed by atoms with van der Waals surface area (Å²) in [6, 6.07) is 4.94. The first-order valence-electron chi connectivity index (χ1n) is 6.18. The third kappa shape index (κ3) is 2.98. The van der Waals surface area contributed by atoms with Crippen molar-refractivity contribution in [2.24, 2.45) is 10.7 Å². The highest BCUT2D eigenvalue weighted by atomic mass is 16.2. The smallest absolute Gasteiger partial charge is 0.326 e. The predicted molar refractivity (Wildman–Crippen MR) is 65.6 cm³/mol. The van der Waals surface area contributed by atoms with Crippen LogP contribution in [0.4, 0.5) is 10.5 Å². The molecule has 0 atom stereocenters. The van der Waals surface area contributed by atoms with Crippen molar-refractivity contribution in [1.29, 1.82) is 0 Å². The Bertz CT molecular complexity index is 491. The van der Waals surface area contributed by atoms with Crippen molar-refractivity contribution >= 4 is 17.7 Å². The van der Waals surface area contributed by atoms with E-state index in [1.54, 1.807) is 0 Å². The summed E-state index contributed by atoms with van der Waals surface area (Å²) in [7, 11) is 0. The third-order valence-electron chi connectivity index (χ3n) is 2.08. The molecule has 0 aliphatic carbocycles. The van der Waals surface area contributed by atoms with Crippen molar-refractivity contribution in [2.45, 2.75) is 13.8 Å². The van der Waals surface area contributed by atoms with E-state index in [-0.39, 0.29) is 0 Å². The molecule has 0 heterocycles. The van der Waals surface area contributed by atoms with Gasteiger partial charge < -0.3 is 11.1 Å². The first kappa shape index (κ1) is 8.15. The Kier molecular flexibility index (Phi) is 2.63. The van der Waals surface area contributed by atoms with Crippen molar-refractivity contribution < 1.29 is 8.91 Å². The van der Waals surface area contributed by atoms with Crippen molar-refractivity contribution in [2.75, 3.05) is 12.3 Å². The molecule has 16 heavy (non-hydrogen) atoms. The van der Waals surface area contributed by atoms with E-state index in [4.69, 9.17) is 9.85 Å². The van der Waals surface area contributed by atoms with E-state index in [9.17, 15) is 4.79 Å². The summed E-state index contributed by atoms with van der Waals surface area (Å²) in [5.74, 6) is -0.455. The number of nitrogens with one attached hydrogen (secondary N) is 2. The van der Waals surface area contributed by atoms with Crippen molar-refractivity contribution in [3.05, 3.63) is 29.3 Å². The Balaban J connectivity index is 2.74. The van der Waals surface area contributed by atoms with Gasteiger partial charge in [0.05, 0.1) is 0 Å². The Hall–Kier alpha value is -2.04. The Labute approximate surface area is 99.0 Å². The number of aliphatic imine (C=N–C) groups is 1. The van der Waals surface area contributed by atoms with Crippen LogP contribution in [-0.4, -0.2) is 19.0 Å². The van der Waals surface area contributed by atoms with E-state index >= 15 is 0 Å². The summed E-state index contributed by atoms with van der Waals surface area (Å²) in [5, 5.41) is 4.76. The van der Waals surface area contributed by atoms with Crippen molar-refractivity contribution in [1.82, 2.24) is 5.32 Å². The van der Waals surface area contributed by atoms with Gasteiger partial charge in [0.25, 0.3) is 0 Å². The number of guanidine groups is 1. The number of amides is 2. The number of rotatable bonds is 1. The van der Waals surface area contributed by atoms with Crippen LogP contribution < -0.4 is 16.4 Å². The average Bonchev–Trinajstić information content (AvgIpc) is 2.20. The Morgan fingerprint density at radius 3 is 2.62 bits per heavy atom. The normalized spacial score (nSPS) is 14.6. The fraction of sp³-hybridized carbons (Fsp3) is 0.273. The molecule has 4 N–H and O–H groups in total. The molecular weight excluding hydrogens is 204 g/mol. The van der Waals surface area contributed by atoms with Crippen LogP contribution >= 0.6 is 0 Å². The van der Waals surface area contributed by atoms with Crippen LogP contribution in [0.2, 0.25) is 0 Å². The lowest BCUT2D eigenvalue weighted by atomic mass is 10.1. The van der Waals surface area contributed by atoms with E-state index < -0.39 is 19.0 Å². The van der Waals surface area contributed by atoms with E-state index in [0.29, 0.717) is 5.69 Å². The highest BCUT2D eigenvalue weighted by Crippen LogP contribution is 2.18. The van der Waals surface area contributed by atoms with Gasteiger partial charge in [-0.25, -0.2) is 4.79 Å². The second-order valence-electron chi connectivity index (χ2n) is 3.34. The lowest BCUT2D eigenvalue weighted by Gasteiger charge is -2.11. The van der Waals surface area contributed by atoms with Gasteiger partial charge >= 0.3 is 6.03 Å². The minimum absolute atomic E-state index is 0.455. The highest BCUT2D eigenvalue weighted by molar-refractivity contribution is 6.02. The maximum absolute atomic E-state index is 11.6. The van der Waals surface area contributed by atoms with Gasteiger partial charge in [0.15, 0.2) is 5.96 Å². The van der Waals surface area contributed by atoms with Crippen molar-refractivity contribution in [3.63, 3.8) is 0 Å².